The number of thiophene rings is 1. The van der Waals surface area contributed by atoms with Gasteiger partial charge in [-0.2, -0.15) is 0 Å². The Hall–Kier alpha value is -6.74. The van der Waals surface area contributed by atoms with E-state index in [9.17, 15) is 0 Å². The number of benzene rings is 9. The minimum atomic E-state index is 1.10. The molecule has 0 saturated carbocycles. The molecule has 0 atom stereocenters. The minimum Gasteiger partial charge on any atom is -0.310 e. The molecule has 0 unspecified atom stereocenters. The van der Waals surface area contributed by atoms with Crippen LogP contribution in [0.3, 0.4) is 0 Å². The van der Waals surface area contributed by atoms with Crippen molar-refractivity contribution in [3.63, 3.8) is 0 Å². The summed E-state index contributed by atoms with van der Waals surface area (Å²) in [5, 5.41) is 5.14. The van der Waals surface area contributed by atoms with E-state index in [1.807, 2.05) is 11.3 Å². The van der Waals surface area contributed by atoms with Crippen molar-refractivity contribution in [2.24, 2.45) is 0 Å². The second-order valence-electron chi connectivity index (χ2n) is 13.7. The van der Waals surface area contributed by atoms with Crippen LogP contribution in [-0.4, -0.2) is 0 Å². The predicted molar refractivity (Wildman–Crippen MR) is 233 cm³/mol. The second kappa shape index (κ2) is 13.7. The zero-order chi connectivity index (χ0) is 35.8. The van der Waals surface area contributed by atoms with Crippen LogP contribution in [0.15, 0.2) is 212 Å². The number of nitrogens with zero attached hydrogens (tertiary/aromatic N) is 1. The van der Waals surface area contributed by atoms with Crippen molar-refractivity contribution in [2.45, 2.75) is 0 Å². The Morgan fingerprint density at radius 1 is 0.315 bits per heavy atom. The van der Waals surface area contributed by atoms with Gasteiger partial charge in [-0.3, -0.25) is 0 Å². The Labute approximate surface area is 319 Å². The number of hydrogen-bond donors (Lipinski definition) is 0. The van der Waals surface area contributed by atoms with Crippen LogP contribution in [0, 0.1) is 0 Å². The monoisotopic (exact) mass is 705 g/mol. The molecule has 0 aliphatic rings. The number of para-hydroxylation sites is 1. The lowest BCUT2D eigenvalue weighted by atomic mass is 9.97. The van der Waals surface area contributed by atoms with Gasteiger partial charge in [0.25, 0.3) is 0 Å². The number of rotatable bonds is 7. The fraction of sp³-hybridized carbons (Fsp3) is 0. The third kappa shape index (κ3) is 5.84. The van der Waals surface area contributed by atoms with E-state index in [4.69, 9.17) is 0 Å². The summed E-state index contributed by atoms with van der Waals surface area (Å²) < 4.78 is 2.65. The van der Waals surface area contributed by atoms with Crippen LogP contribution >= 0.6 is 11.3 Å². The van der Waals surface area contributed by atoms with Crippen LogP contribution in [0.25, 0.3) is 75.5 Å². The van der Waals surface area contributed by atoms with Crippen molar-refractivity contribution >= 4 is 59.3 Å². The summed E-state index contributed by atoms with van der Waals surface area (Å²) in [5.41, 5.74) is 13.0. The predicted octanol–water partition coefficient (Wildman–Crippen LogP) is 15.3. The van der Waals surface area contributed by atoms with Gasteiger partial charge in [0.05, 0.1) is 5.69 Å². The zero-order valence-corrected chi connectivity index (χ0v) is 30.4. The van der Waals surface area contributed by atoms with Gasteiger partial charge in [0.15, 0.2) is 0 Å². The van der Waals surface area contributed by atoms with E-state index in [0.29, 0.717) is 0 Å². The van der Waals surface area contributed by atoms with Crippen LogP contribution in [0.1, 0.15) is 0 Å². The highest BCUT2D eigenvalue weighted by Crippen LogP contribution is 2.44. The Kier molecular flexibility index (Phi) is 8.09. The molecule has 0 radical (unpaired) electrons. The maximum Gasteiger partial charge on any atom is 0.0540 e. The van der Waals surface area contributed by atoms with E-state index in [-0.39, 0.29) is 0 Å². The lowest BCUT2D eigenvalue weighted by Gasteiger charge is -2.28. The summed E-state index contributed by atoms with van der Waals surface area (Å²) in [6, 6.07) is 77.1. The van der Waals surface area contributed by atoms with E-state index in [1.54, 1.807) is 0 Å². The number of fused-ring (bicyclic) bond motifs is 4. The third-order valence-electron chi connectivity index (χ3n) is 10.5. The average Bonchev–Trinajstić information content (AvgIpc) is 3.64. The molecule has 54 heavy (non-hydrogen) atoms. The van der Waals surface area contributed by atoms with Gasteiger partial charge >= 0.3 is 0 Å². The molecule has 10 rings (SSSR count). The Bertz CT molecular complexity index is 2900. The smallest absolute Gasteiger partial charge is 0.0540 e. The van der Waals surface area contributed by atoms with Crippen molar-refractivity contribution in [3.8, 4) is 44.5 Å². The van der Waals surface area contributed by atoms with Crippen LogP contribution in [0.5, 0.6) is 0 Å². The number of anilines is 3. The summed E-state index contributed by atoms with van der Waals surface area (Å²) >= 11 is 1.88. The van der Waals surface area contributed by atoms with Gasteiger partial charge < -0.3 is 4.90 Å². The largest absolute Gasteiger partial charge is 0.310 e. The van der Waals surface area contributed by atoms with Gasteiger partial charge in [-0.15, -0.1) is 11.3 Å². The average molecular weight is 706 g/mol. The van der Waals surface area contributed by atoms with Crippen molar-refractivity contribution in [2.75, 3.05) is 4.90 Å². The van der Waals surface area contributed by atoms with Crippen LogP contribution in [0.2, 0.25) is 0 Å². The SMILES string of the molecule is c1ccc(-c2ccc(-c3ccccc3N(c3ccc(-c4ccc5ccccc5c4)cc3)c3ccc(-c4cccc5c4sc4ccccc45)cc3)cc2)cc1. The normalized spacial score (nSPS) is 11.3. The summed E-state index contributed by atoms with van der Waals surface area (Å²) in [7, 11) is 0. The molecule has 0 spiro atoms. The molecule has 0 fully saturated rings. The minimum absolute atomic E-state index is 1.10. The third-order valence-corrected chi connectivity index (χ3v) is 11.7. The molecular formula is C52H35NS. The van der Waals surface area contributed by atoms with Crippen molar-refractivity contribution in [1.29, 1.82) is 0 Å². The molecule has 0 N–H and O–H groups in total. The first-order chi connectivity index (χ1) is 26.8. The fourth-order valence-electron chi connectivity index (χ4n) is 7.75. The summed E-state index contributed by atoms with van der Waals surface area (Å²) in [6.07, 6.45) is 0. The fourth-order valence-corrected chi connectivity index (χ4v) is 8.99. The molecule has 0 amide bonds. The molecule has 0 saturated heterocycles. The van der Waals surface area contributed by atoms with E-state index >= 15 is 0 Å². The molecule has 2 heteroatoms. The maximum atomic E-state index is 2.40. The first-order valence-corrected chi connectivity index (χ1v) is 19.2. The van der Waals surface area contributed by atoms with Gasteiger partial charge in [-0.05, 0) is 92.2 Å². The first kappa shape index (κ1) is 32.0. The molecule has 0 aliphatic carbocycles. The molecular weight excluding hydrogens is 671 g/mol. The van der Waals surface area contributed by atoms with Crippen LogP contribution in [-0.2, 0) is 0 Å². The van der Waals surface area contributed by atoms with Crippen molar-refractivity contribution in [1.82, 2.24) is 0 Å². The van der Waals surface area contributed by atoms with Crippen LogP contribution in [0.4, 0.5) is 17.1 Å². The molecule has 254 valence electrons. The summed E-state index contributed by atoms with van der Waals surface area (Å²) in [4.78, 5) is 2.40. The van der Waals surface area contributed by atoms with E-state index in [2.05, 4.69) is 217 Å². The Balaban J connectivity index is 1.07. The highest BCUT2D eigenvalue weighted by atomic mass is 32.1. The summed E-state index contributed by atoms with van der Waals surface area (Å²) in [5.74, 6) is 0. The zero-order valence-electron chi connectivity index (χ0n) is 29.6. The van der Waals surface area contributed by atoms with E-state index in [1.165, 1.54) is 75.5 Å². The lowest BCUT2D eigenvalue weighted by molar-refractivity contribution is 1.28. The van der Waals surface area contributed by atoms with Crippen molar-refractivity contribution < 1.29 is 0 Å². The lowest BCUT2D eigenvalue weighted by Crippen LogP contribution is -2.11. The molecule has 0 bridgehead atoms. The Morgan fingerprint density at radius 3 is 1.63 bits per heavy atom. The van der Waals surface area contributed by atoms with Gasteiger partial charge in [-0.25, -0.2) is 0 Å². The quantitative estimate of drug-likeness (QED) is 0.160. The summed E-state index contributed by atoms with van der Waals surface area (Å²) in [6.45, 7) is 0. The van der Waals surface area contributed by atoms with Crippen LogP contribution < -0.4 is 4.90 Å². The molecule has 10 aromatic rings. The van der Waals surface area contributed by atoms with Gasteiger partial charge in [0, 0.05) is 37.1 Å². The highest BCUT2D eigenvalue weighted by Gasteiger charge is 2.18. The van der Waals surface area contributed by atoms with E-state index in [0.717, 1.165) is 17.1 Å². The van der Waals surface area contributed by atoms with Gasteiger partial charge in [0.1, 0.15) is 0 Å². The second-order valence-corrected chi connectivity index (χ2v) is 14.8. The van der Waals surface area contributed by atoms with Gasteiger partial charge in [0.2, 0.25) is 0 Å². The Morgan fingerprint density at radius 2 is 0.833 bits per heavy atom. The molecule has 0 aliphatic heterocycles. The molecule has 9 aromatic carbocycles. The van der Waals surface area contributed by atoms with Crippen molar-refractivity contribution in [3.05, 3.63) is 212 Å². The molecule has 1 aromatic heterocycles. The maximum absolute atomic E-state index is 2.40. The first-order valence-electron chi connectivity index (χ1n) is 18.4. The number of hydrogen-bond acceptors (Lipinski definition) is 2. The highest BCUT2D eigenvalue weighted by molar-refractivity contribution is 7.26. The van der Waals surface area contributed by atoms with E-state index < -0.39 is 0 Å². The standard InChI is InChI=1S/C52H35NS/c1-2-11-36(12-3-1)38-21-24-40(25-22-38)46-15-6-8-19-50(46)53(44-31-27-39(28-32-44)43-26-23-37-13-4-5-14-42(37)35-43)45-33-29-41(30-34-45)47-17-10-18-49-48-16-7-9-20-51(48)54-52(47)49/h1-35H. The topological polar surface area (TPSA) is 3.24 Å². The molecule has 1 heterocycles. The molecule has 1 nitrogen and oxygen atoms in total. The van der Waals surface area contributed by atoms with Gasteiger partial charge in [-0.1, -0.05) is 170 Å².